The summed E-state index contributed by atoms with van der Waals surface area (Å²) in [5.41, 5.74) is 1.81. The van der Waals surface area contributed by atoms with Gasteiger partial charge in [0.1, 0.15) is 11.8 Å². The molecule has 1 saturated heterocycles. The zero-order chi connectivity index (χ0) is 16.3. The molecule has 0 radical (unpaired) electrons. The molecule has 0 unspecified atom stereocenters. The monoisotopic (exact) mass is 306 g/mol. The topological polar surface area (TPSA) is 53.0 Å². The Morgan fingerprint density at radius 3 is 2.23 bits per heavy atom. The summed E-state index contributed by atoms with van der Waals surface area (Å²) >= 11 is 0. The predicted molar refractivity (Wildman–Crippen MR) is 86.4 cm³/mol. The van der Waals surface area contributed by atoms with Crippen LogP contribution in [-0.4, -0.2) is 60.2 Å². The molecule has 0 aliphatic carbocycles. The zero-order valence-electron chi connectivity index (χ0n) is 13.9. The molecule has 1 atom stereocenters. The Morgan fingerprint density at radius 1 is 1.18 bits per heavy atom. The van der Waals surface area contributed by atoms with E-state index in [4.69, 9.17) is 4.74 Å². The second kappa shape index (κ2) is 7.11. The Bertz CT molecular complexity index is 523. The van der Waals surface area contributed by atoms with Crippen LogP contribution in [0.1, 0.15) is 31.0 Å². The van der Waals surface area contributed by atoms with Crippen molar-refractivity contribution in [2.45, 2.75) is 32.9 Å². The standard InChI is InChI=1S/C17H26N2O3/c1-12(2)18-7-9-19(10-8-18)16(17(20)21)15-6-5-14(22-4)11-13(15)3/h5-6,11-12,16H,7-10H2,1-4H3,(H,20,21)/t16-/m0/s1. The van der Waals surface area contributed by atoms with Crippen molar-refractivity contribution < 1.29 is 14.6 Å². The third-order valence-corrected chi connectivity index (χ3v) is 4.45. The number of carbonyl (C=O) groups is 1. The van der Waals surface area contributed by atoms with E-state index in [1.165, 1.54) is 0 Å². The quantitative estimate of drug-likeness (QED) is 0.903. The summed E-state index contributed by atoms with van der Waals surface area (Å²) in [5.74, 6) is -0.0266. The number of benzene rings is 1. The van der Waals surface area contributed by atoms with Crippen LogP contribution in [0.15, 0.2) is 18.2 Å². The van der Waals surface area contributed by atoms with Crippen LogP contribution in [0.5, 0.6) is 5.75 Å². The second-order valence-electron chi connectivity index (χ2n) is 6.13. The van der Waals surface area contributed by atoms with Gasteiger partial charge < -0.3 is 9.84 Å². The number of carboxylic acids is 1. The van der Waals surface area contributed by atoms with Gasteiger partial charge in [0, 0.05) is 32.2 Å². The fourth-order valence-electron chi connectivity index (χ4n) is 3.08. The molecule has 0 spiro atoms. The molecule has 2 rings (SSSR count). The van der Waals surface area contributed by atoms with Gasteiger partial charge in [-0.1, -0.05) is 6.07 Å². The largest absolute Gasteiger partial charge is 0.497 e. The lowest BCUT2D eigenvalue weighted by molar-refractivity contribution is -0.144. The van der Waals surface area contributed by atoms with Crippen molar-refractivity contribution >= 4 is 5.97 Å². The Kier molecular flexibility index (Phi) is 5.42. The molecule has 0 bridgehead atoms. The predicted octanol–water partition coefficient (Wildman–Crippen LogP) is 2.16. The number of aryl methyl sites for hydroxylation is 1. The summed E-state index contributed by atoms with van der Waals surface area (Å²) in [6.45, 7) is 9.68. The van der Waals surface area contributed by atoms with Gasteiger partial charge in [-0.3, -0.25) is 14.6 Å². The van der Waals surface area contributed by atoms with Crippen LogP contribution < -0.4 is 4.74 Å². The highest BCUT2D eigenvalue weighted by Gasteiger charge is 2.31. The molecule has 1 aromatic rings. The van der Waals surface area contributed by atoms with Gasteiger partial charge in [0.15, 0.2) is 0 Å². The fourth-order valence-corrected chi connectivity index (χ4v) is 3.08. The third-order valence-electron chi connectivity index (χ3n) is 4.45. The highest BCUT2D eigenvalue weighted by Crippen LogP contribution is 2.28. The molecule has 1 aromatic carbocycles. The van der Waals surface area contributed by atoms with Crippen molar-refractivity contribution in [3.63, 3.8) is 0 Å². The number of methoxy groups -OCH3 is 1. The third kappa shape index (κ3) is 3.59. The maximum absolute atomic E-state index is 11.8. The van der Waals surface area contributed by atoms with Crippen LogP contribution in [0.25, 0.3) is 0 Å². The second-order valence-corrected chi connectivity index (χ2v) is 6.13. The number of aliphatic carboxylic acids is 1. The van der Waals surface area contributed by atoms with E-state index in [1.807, 2.05) is 25.1 Å². The first kappa shape index (κ1) is 16.8. The average Bonchev–Trinajstić information content (AvgIpc) is 2.49. The Morgan fingerprint density at radius 2 is 1.77 bits per heavy atom. The normalized spacial score (nSPS) is 18.4. The molecule has 5 heteroatoms. The lowest BCUT2D eigenvalue weighted by atomic mass is 9.99. The molecule has 0 amide bonds. The van der Waals surface area contributed by atoms with Gasteiger partial charge in [-0.2, -0.15) is 0 Å². The molecular weight excluding hydrogens is 280 g/mol. The number of rotatable bonds is 5. The van der Waals surface area contributed by atoms with E-state index in [2.05, 4.69) is 23.6 Å². The number of hydrogen-bond acceptors (Lipinski definition) is 4. The van der Waals surface area contributed by atoms with Crippen molar-refractivity contribution in [2.75, 3.05) is 33.3 Å². The van der Waals surface area contributed by atoms with E-state index in [0.29, 0.717) is 6.04 Å². The van der Waals surface area contributed by atoms with Gasteiger partial charge in [0.25, 0.3) is 0 Å². The van der Waals surface area contributed by atoms with E-state index in [9.17, 15) is 9.90 Å². The van der Waals surface area contributed by atoms with E-state index in [0.717, 1.165) is 43.1 Å². The van der Waals surface area contributed by atoms with Crippen molar-refractivity contribution in [3.8, 4) is 5.75 Å². The van der Waals surface area contributed by atoms with Crippen LogP contribution in [0, 0.1) is 6.92 Å². The zero-order valence-corrected chi connectivity index (χ0v) is 13.9. The maximum atomic E-state index is 11.8. The molecule has 1 aliphatic heterocycles. The minimum absolute atomic E-state index is 0.508. The molecule has 1 fully saturated rings. The molecule has 0 saturated carbocycles. The molecule has 122 valence electrons. The van der Waals surface area contributed by atoms with Crippen molar-refractivity contribution in [1.29, 1.82) is 0 Å². The number of piperazine rings is 1. The van der Waals surface area contributed by atoms with E-state index in [-0.39, 0.29) is 0 Å². The number of carboxylic acid groups (broad SMARTS) is 1. The van der Waals surface area contributed by atoms with Crippen LogP contribution in [0.3, 0.4) is 0 Å². The summed E-state index contributed by atoms with van der Waals surface area (Å²) in [7, 11) is 1.62. The number of ether oxygens (including phenoxy) is 1. The molecule has 0 aromatic heterocycles. The van der Waals surface area contributed by atoms with Crippen molar-refractivity contribution in [3.05, 3.63) is 29.3 Å². The molecular formula is C17H26N2O3. The SMILES string of the molecule is COc1ccc([C@@H](C(=O)O)N2CCN(C(C)C)CC2)c(C)c1. The van der Waals surface area contributed by atoms with E-state index >= 15 is 0 Å². The number of nitrogens with zero attached hydrogens (tertiary/aromatic N) is 2. The summed E-state index contributed by atoms with van der Waals surface area (Å²) < 4.78 is 5.21. The van der Waals surface area contributed by atoms with Gasteiger partial charge in [-0.15, -0.1) is 0 Å². The lowest BCUT2D eigenvalue weighted by Crippen LogP contribution is -2.51. The Balaban J connectivity index is 2.19. The molecule has 1 aliphatic rings. The minimum atomic E-state index is -0.786. The smallest absolute Gasteiger partial charge is 0.325 e. The molecule has 5 nitrogen and oxygen atoms in total. The Hall–Kier alpha value is -1.59. The van der Waals surface area contributed by atoms with Crippen molar-refractivity contribution in [1.82, 2.24) is 9.80 Å². The highest BCUT2D eigenvalue weighted by molar-refractivity contribution is 5.76. The first-order valence-corrected chi connectivity index (χ1v) is 7.79. The van der Waals surface area contributed by atoms with Gasteiger partial charge >= 0.3 is 5.97 Å². The average molecular weight is 306 g/mol. The van der Waals surface area contributed by atoms with Crippen molar-refractivity contribution in [2.24, 2.45) is 0 Å². The van der Waals surface area contributed by atoms with Crippen LogP contribution >= 0.6 is 0 Å². The number of hydrogen-bond donors (Lipinski definition) is 1. The van der Waals surface area contributed by atoms with Gasteiger partial charge in [0.05, 0.1) is 7.11 Å². The fraction of sp³-hybridized carbons (Fsp3) is 0.588. The van der Waals surface area contributed by atoms with Gasteiger partial charge in [-0.25, -0.2) is 0 Å². The molecule has 1 heterocycles. The lowest BCUT2D eigenvalue weighted by Gasteiger charge is -2.39. The first-order chi connectivity index (χ1) is 10.4. The van der Waals surface area contributed by atoms with Crippen LogP contribution in [-0.2, 0) is 4.79 Å². The summed E-state index contributed by atoms with van der Waals surface area (Å²) in [5, 5.41) is 9.72. The highest BCUT2D eigenvalue weighted by atomic mass is 16.5. The first-order valence-electron chi connectivity index (χ1n) is 7.79. The van der Waals surface area contributed by atoms with Crippen LogP contribution in [0.4, 0.5) is 0 Å². The van der Waals surface area contributed by atoms with Gasteiger partial charge in [0.2, 0.25) is 0 Å². The molecule has 22 heavy (non-hydrogen) atoms. The minimum Gasteiger partial charge on any atom is -0.497 e. The van der Waals surface area contributed by atoms with E-state index in [1.54, 1.807) is 7.11 Å². The van der Waals surface area contributed by atoms with Gasteiger partial charge in [-0.05, 0) is 44.0 Å². The van der Waals surface area contributed by atoms with E-state index < -0.39 is 12.0 Å². The molecule has 1 N–H and O–H groups in total. The maximum Gasteiger partial charge on any atom is 0.325 e. The Labute approximate surface area is 132 Å². The summed E-state index contributed by atoms with van der Waals surface area (Å²) in [6, 6.07) is 5.54. The van der Waals surface area contributed by atoms with Crippen LogP contribution in [0.2, 0.25) is 0 Å². The summed E-state index contributed by atoms with van der Waals surface area (Å²) in [6.07, 6.45) is 0. The summed E-state index contributed by atoms with van der Waals surface area (Å²) in [4.78, 5) is 16.3.